The fourth-order valence-electron chi connectivity index (χ4n) is 4.78. The fraction of sp³-hybridized carbons (Fsp3) is 0.393. The first-order valence-electron chi connectivity index (χ1n) is 12.3. The minimum Gasteiger partial charge on any atom is -0.487 e. The van der Waals surface area contributed by atoms with Crippen LogP contribution in [-0.2, 0) is 17.8 Å². The molecule has 34 heavy (non-hydrogen) atoms. The predicted molar refractivity (Wildman–Crippen MR) is 132 cm³/mol. The Morgan fingerprint density at radius 2 is 1.59 bits per heavy atom. The lowest BCUT2D eigenvalue weighted by Gasteiger charge is -2.38. The Morgan fingerprint density at radius 3 is 2.44 bits per heavy atom. The Kier molecular flexibility index (Phi) is 7.71. The van der Waals surface area contributed by atoms with Crippen molar-refractivity contribution in [2.24, 2.45) is 0 Å². The molecule has 2 aliphatic heterocycles. The fourth-order valence-corrected chi connectivity index (χ4v) is 4.78. The lowest BCUT2D eigenvalue weighted by molar-refractivity contribution is 0.0468. The summed E-state index contributed by atoms with van der Waals surface area (Å²) < 4.78 is 18.1. The van der Waals surface area contributed by atoms with Crippen molar-refractivity contribution < 1.29 is 14.2 Å². The Balaban J connectivity index is 1.30. The molecule has 0 spiro atoms. The van der Waals surface area contributed by atoms with E-state index in [1.807, 2.05) is 30.3 Å². The van der Waals surface area contributed by atoms with E-state index >= 15 is 0 Å². The maximum Gasteiger partial charge on any atom is 0.223 e. The van der Waals surface area contributed by atoms with Crippen molar-refractivity contribution in [1.82, 2.24) is 14.8 Å². The smallest absolute Gasteiger partial charge is 0.223 e. The average molecular weight is 460 g/mol. The van der Waals surface area contributed by atoms with E-state index < -0.39 is 0 Å². The number of fused-ring (bicyclic) bond motifs is 2. The van der Waals surface area contributed by atoms with Gasteiger partial charge in [0.1, 0.15) is 6.61 Å². The summed E-state index contributed by atoms with van der Waals surface area (Å²) >= 11 is 0. The molecule has 0 unspecified atom stereocenters. The minimum atomic E-state index is 0.493. The molecule has 1 fully saturated rings. The summed E-state index contributed by atoms with van der Waals surface area (Å²) in [5.74, 6) is 2.04. The van der Waals surface area contributed by atoms with Crippen molar-refractivity contribution in [1.29, 1.82) is 0 Å². The van der Waals surface area contributed by atoms with Crippen LogP contribution >= 0.6 is 0 Å². The number of nitrogens with zero attached hydrogens (tertiary/aromatic N) is 3. The Labute approximate surface area is 202 Å². The molecule has 6 heteroatoms. The van der Waals surface area contributed by atoms with E-state index in [2.05, 4.69) is 51.2 Å². The van der Waals surface area contributed by atoms with Crippen molar-refractivity contribution in [2.75, 3.05) is 39.5 Å². The van der Waals surface area contributed by atoms with Gasteiger partial charge in [-0.15, -0.1) is 0 Å². The summed E-state index contributed by atoms with van der Waals surface area (Å²) in [5.41, 5.74) is 2.47. The zero-order chi connectivity index (χ0) is 23.0. The molecule has 0 bridgehead atoms. The highest BCUT2D eigenvalue weighted by Gasteiger charge is 2.26. The summed E-state index contributed by atoms with van der Waals surface area (Å²) in [6.07, 6.45) is 4.08. The third kappa shape index (κ3) is 5.95. The van der Waals surface area contributed by atoms with Gasteiger partial charge in [-0.1, -0.05) is 48.5 Å². The standard InChI is InChI=1S/C28H33N3O3/c1-2-7-23(8-3-1)21-30-15-12-25(13-16-30)31-17-18-32-19-20-33-26-10-4-5-11-27(26)34-28-24(22-31)9-6-14-29-28/h1-11,14,25H,12-13,15-22H2. The summed E-state index contributed by atoms with van der Waals surface area (Å²) in [6.45, 7) is 6.64. The van der Waals surface area contributed by atoms with E-state index in [0.717, 1.165) is 51.1 Å². The van der Waals surface area contributed by atoms with E-state index in [-0.39, 0.29) is 0 Å². The molecular weight excluding hydrogens is 426 g/mol. The summed E-state index contributed by atoms with van der Waals surface area (Å²) in [7, 11) is 0. The zero-order valence-corrected chi connectivity index (χ0v) is 19.6. The van der Waals surface area contributed by atoms with E-state index in [1.165, 1.54) is 5.56 Å². The van der Waals surface area contributed by atoms with Crippen LogP contribution in [0.3, 0.4) is 0 Å². The number of hydrogen-bond acceptors (Lipinski definition) is 6. The number of hydrogen-bond donors (Lipinski definition) is 0. The second-order valence-electron chi connectivity index (χ2n) is 8.94. The van der Waals surface area contributed by atoms with E-state index in [1.54, 1.807) is 6.20 Å². The van der Waals surface area contributed by atoms with Gasteiger partial charge in [0, 0.05) is 37.4 Å². The van der Waals surface area contributed by atoms with Crippen molar-refractivity contribution >= 4 is 0 Å². The second-order valence-corrected chi connectivity index (χ2v) is 8.94. The van der Waals surface area contributed by atoms with Crippen LogP contribution in [0, 0.1) is 0 Å². The number of benzene rings is 2. The molecule has 5 rings (SSSR count). The lowest BCUT2D eigenvalue weighted by Crippen LogP contribution is -2.45. The van der Waals surface area contributed by atoms with Gasteiger partial charge >= 0.3 is 0 Å². The number of pyridine rings is 1. The SMILES string of the molecule is c1ccc(CN2CCC(N3CCOCCOc4ccccc4Oc4ncccc4C3)CC2)cc1. The molecule has 178 valence electrons. The van der Waals surface area contributed by atoms with Crippen LogP contribution in [0.1, 0.15) is 24.0 Å². The molecule has 3 aromatic rings. The highest BCUT2D eigenvalue weighted by molar-refractivity contribution is 5.43. The second kappa shape index (κ2) is 11.5. The monoisotopic (exact) mass is 459 g/mol. The molecular formula is C28H33N3O3. The van der Waals surface area contributed by atoms with Gasteiger partial charge in [0.2, 0.25) is 5.88 Å². The highest BCUT2D eigenvalue weighted by atomic mass is 16.5. The summed E-state index contributed by atoms with van der Waals surface area (Å²) in [4.78, 5) is 9.68. The third-order valence-electron chi connectivity index (χ3n) is 6.61. The third-order valence-corrected chi connectivity index (χ3v) is 6.61. The molecule has 2 aliphatic rings. The zero-order valence-electron chi connectivity index (χ0n) is 19.6. The van der Waals surface area contributed by atoms with Gasteiger partial charge in [-0.3, -0.25) is 9.80 Å². The number of likely N-dealkylation sites (tertiary alicyclic amines) is 1. The van der Waals surface area contributed by atoms with Crippen LogP contribution in [0.5, 0.6) is 17.4 Å². The van der Waals surface area contributed by atoms with Crippen LogP contribution in [0.4, 0.5) is 0 Å². The normalized spacial score (nSPS) is 18.8. The maximum absolute atomic E-state index is 6.26. The number of piperidine rings is 1. The topological polar surface area (TPSA) is 47.1 Å². The quantitative estimate of drug-likeness (QED) is 0.563. The largest absolute Gasteiger partial charge is 0.487 e. The molecule has 0 N–H and O–H groups in total. The molecule has 0 saturated carbocycles. The Hall–Kier alpha value is -2.93. The molecule has 1 aromatic heterocycles. The molecule has 0 radical (unpaired) electrons. The summed E-state index contributed by atoms with van der Waals surface area (Å²) in [6, 6.07) is 23.1. The number of para-hydroxylation sites is 2. The van der Waals surface area contributed by atoms with Crippen LogP contribution < -0.4 is 9.47 Å². The van der Waals surface area contributed by atoms with Gasteiger partial charge in [-0.2, -0.15) is 0 Å². The number of rotatable bonds is 3. The first kappa shape index (κ1) is 22.8. The van der Waals surface area contributed by atoms with E-state index in [9.17, 15) is 0 Å². The first-order chi connectivity index (χ1) is 16.8. The highest BCUT2D eigenvalue weighted by Crippen LogP contribution is 2.33. The molecule has 0 aliphatic carbocycles. The Bertz CT molecular complexity index is 1040. The number of ether oxygens (including phenoxy) is 3. The van der Waals surface area contributed by atoms with Crippen LogP contribution in [-0.4, -0.2) is 60.3 Å². The van der Waals surface area contributed by atoms with Crippen molar-refractivity contribution in [3.63, 3.8) is 0 Å². The molecule has 2 aromatic carbocycles. The van der Waals surface area contributed by atoms with Gasteiger partial charge in [0.05, 0.1) is 13.2 Å². The lowest BCUT2D eigenvalue weighted by atomic mass is 10.0. The van der Waals surface area contributed by atoms with Crippen LogP contribution in [0.2, 0.25) is 0 Å². The Morgan fingerprint density at radius 1 is 0.794 bits per heavy atom. The van der Waals surface area contributed by atoms with Gasteiger partial charge in [-0.05, 0) is 49.7 Å². The molecule has 0 amide bonds. The van der Waals surface area contributed by atoms with E-state index in [0.29, 0.717) is 43.2 Å². The minimum absolute atomic E-state index is 0.493. The predicted octanol–water partition coefficient (Wildman–Crippen LogP) is 4.75. The van der Waals surface area contributed by atoms with Gasteiger partial charge in [0.25, 0.3) is 0 Å². The summed E-state index contributed by atoms with van der Waals surface area (Å²) in [5, 5.41) is 0. The van der Waals surface area contributed by atoms with E-state index in [4.69, 9.17) is 14.2 Å². The number of aromatic nitrogens is 1. The van der Waals surface area contributed by atoms with Gasteiger partial charge in [0.15, 0.2) is 11.5 Å². The average Bonchev–Trinajstić information content (AvgIpc) is 2.89. The first-order valence-corrected chi connectivity index (χ1v) is 12.3. The van der Waals surface area contributed by atoms with Crippen molar-refractivity contribution in [3.05, 3.63) is 84.1 Å². The van der Waals surface area contributed by atoms with Crippen molar-refractivity contribution in [2.45, 2.75) is 32.0 Å². The van der Waals surface area contributed by atoms with Crippen LogP contribution in [0.15, 0.2) is 72.9 Å². The van der Waals surface area contributed by atoms with Crippen LogP contribution in [0.25, 0.3) is 0 Å². The molecule has 0 atom stereocenters. The molecule has 3 heterocycles. The maximum atomic E-state index is 6.26. The van der Waals surface area contributed by atoms with Gasteiger partial charge < -0.3 is 14.2 Å². The van der Waals surface area contributed by atoms with Crippen molar-refractivity contribution in [3.8, 4) is 17.4 Å². The molecule has 6 nitrogen and oxygen atoms in total. The molecule has 1 saturated heterocycles. The van der Waals surface area contributed by atoms with Gasteiger partial charge in [-0.25, -0.2) is 4.98 Å².